The summed E-state index contributed by atoms with van der Waals surface area (Å²) in [6, 6.07) is 24.7. The summed E-state index contributed by atoms with van der Waals surface area (Å²) < 4.78 is 6.10. The first-order valence-electron chi connectivity index (χ1n) is 11.9. The van der Waals surface area contributed by atoms with Gasteiger partial charge in [0.2, 0.25) is 5.91 Å². The summed E-state index contributed by atoms with van der Waals surface area (Å²) in [5.41, 5.74) is 5.76. The molecule has 182 valence electrons. The van der Waals surface area contributed by atoms with Crippen LogP contribution in [-0.4, -0.2) is 30.4 Å². The molecule has 0 heterocycles. The first-order chi connectivity index (χ1) is 17.0. The molecule has 1 N–H and O–H groups in total. The second-order valence-electron chi connectivity index (χ2n) is 8.53. The predicted octanol–water partition coefficient (Wildman–Crippen LogP) is 6.14. The number of carbonyl (C=O) groups excluding carboxylic acids is 1. The standard InChI is InChI=1S/C29H32ClN3O2/c1-22-26(11-8-12-27(22)25-9-4-3-5-10-25)21-35-29-14-13-24(19-28(29)30)20-33(17-7-6-15-31)18-16-32-23(2)34/h3-5,8-14,19H,6-7,16-18,20-21H2,1-2H3,(H,32,34). The SMILES string of the molecule is CC(=O)NCCN(CCCC#N)Cc1ccc(OCc2cccc(-c3ccccc3)c2C)c(Cl)c1. The number of hydrogen-bond acceptors (Lipinski definition) is 4. The molecular weight excluding hydrogens is 458 g/mol. The van der Waals surface area contributed by atoms with Crippen molar-refractivity contribution in [2.45, 2.75) is 39.8 Å². The number of benzene rings is 3. The van der Waals surface area contributed by atoms with E-state index in [4.69, 9.17) is 21.6 Å². The molecule has 0 saturated heterocycles. The Bertz CT molecular complexity index is 1160. The van der Waals surface area contributed by atoms with Crippen LogP contribution < -0.4 is 10.1 Å². The van der Waals surface area contributed by atoms with Crippen LogP contribution in [0.5, 0.6) is 5.75 Å². The molecule has 0 saturated carbocycles. The van der Waals surface area contributed by atoms with Crippen molar-refractivity contribution in [3.8, 4) is 22.9 Å². The van der Waals surface area contributed by atoms with Crippen molar-refractivity contribution in [3.63, 3.8) is 0 Å². The van der Waals surface area contributed by atoms with Crippen molar-refractivity contribution in [1.29, 1.82) is 5.26 Å². The van der Waals surface area contributed by atoms with E-state index in [9.17, 15) is 4.79 Å². The minimum atomic E-state index is -0.0453. The van der Waals surface area contributed by atoms with Gasteiger partial charge in [0, 0.05) is 33.0 Å². The first kappa shape index (κ1) is 26.3. The van der Waals surface area contributed by atoms with Crippen LogP contribution >= 0.6 is 11.6 Å². The number of halogens is 1. The van der Waals surface area contributed by atoms with Crippen molar-refractivity contribution in [1.82, 2.24) is 10.2 Å². The van der Waals surface area contributed by atoms with E-state index in [0.29, 0.717) is 43.4 Å². The monoisotopic (exact) mass is 489 g/mol. The lowest BCUT2D eigenvalue weighted by molar-refractivity contribution is -0.119. The zero-order valence-electron chi connectivity index (χ0n) is 20.4. The highest BCUT2D eigenvalue weighted by atomic mass is 35.5. The summed E-state index contributed by atoms with van der Waals surface area (Å²) in [6.45, 7) is 6.80. The van der Waals surface area contributed by atoms with E-state index in [2.05, 4.69) is 53.5 Å². The van der Waals surface area contributed by atoms with Crippen LogP contribution in [0.2, 0.25) is 5.02 Å². The fraction of sp³-hybridized carbons (Fsp3) is 0.310. The molecule has 5 nitrogen and oxygen atoms in total. The van der Waals surface area contributed by atoms with Gasteiger partial charge < -0.3 is 10.1 Å². The van der Waals surface area contributed by atoms with Gasteiger partial charge >= 0.3 is 0 Å². The number of amides is 1. The molecule has 0 fully saturated rings. The second-order valence-corrected chi connectivity index (χ2v) is 8.94. The molecule has 0 atom stereocenters. The normalized spacial score (nSPS) is 10.7. The Kier molecular flexibility index (Phi) is 10.2. The van der Waals surface area contributed by atoms with Gasteiger partial charge in [-0.2, -0.15) is 5.26 Å². The number of carbonyl (C=O) groups is 1. The van der Waals surface area contributed by atoms with Gasteiger partial charge in [-0.15, -0.1) is 0 Å². The van der Waals surface area contributed by atoms with Crippen molar-refractivity contribution >= 4 is 17.5 Å². The summed E-state index contributed by atoms with van der Waals surface area (Å²) in [5.74, 6) is 0.602. The molecule has 0 bridgehead atoms. The van der Waals surface area contributed by atoms with E-state index in [-0.39, 0.29) is 5.91 Å². The number of nitrogens with one attached hydrogen (secondary N) is 1. The van der Waals surface area contributed by atoms with Crippen molar-refractivity contribution < 1.29 is 9.53 Å². The maximum atomic E-state index is 11.2. The Morgan fingerprint density at radius 3 is 2.60 bits per heavy atom. The van der Waals surface area contributed by atoms with Crippen LogP contribution in [-0.2, 0) is 17.9 Å². The van der Waals surface area contributed by atoms with Crippen LogP contribution in [0.1, 0.15) is 36.5 Å². The summed E-state index contributed by atoms with van der Waals surface area (Å²) >= 11 is 6.58. The van der Waals surface area contributed by atoms with Crippen LogP contribution in [0.25, 0.3) is 11.1 Å². The third-order valence-electron chi connectivity index (χ3n) is 5.88. The number of nitriles is 1. The van der Waals surface area contributed by atoms with Gasteiger partial charge in [0.25, 0.3) is 0 Å². The molecule has 3 rings (SSSR count). The van der Waals surface area contributed by atoms with E-state index < -0.39 is 0 Å². The van der Waals surface area contributed by atoms with Crippen LogP contribution in [0.15, 0.2) is 66.7 Å². The second kappa shape index (κ2) is 13.5. The molecular formula is C29H32ClN3O2. The third-order valence-corrected chi connectivity index (χ3v) is 6.18. The number of ether oxygens (including phenoxy) is 1. The van der Waals surface area contributed by atoms with Gasteiger partial charge in [0.1, 0.15) is 12.4 Å². The fourth-order valence-electron chi connectivity index (χ4n) is 3.99. The number of rotatable bonds is 12. The highest BCUT2D eigenvalue weighted by molar-refractivity contribution is 6.32. The molecule has 35 heavy (non-hydrogen) atoms. The van der Waals surface area contributed by atoms with E-state index in [1.54, 1.807) is 0 Å². The van der Waals surface area contributed by atoms with Gasteiger partial charge in [-0.05, 0) is 59.8 Å². The maximum absolute atomic E-state index is 11.2. The molecule has 0 unspecified atom stereocenters. The Labute approximate surface area is 213 Å². The highest BCUT2D eigenvalue weighted by Gasteiger charge is 2.11. The Morgan fingerprint density at radius 2 is 1.89 bits per heavy atom. The minimum absolute atomic E-state index is 0.0453. The van der Waals surface area contributed by atoms with Crippen molar-refractivity contribution in [3.05, 3.63) is 88.4 Å². The van der Waals surface area contributed by atoms with Gasteiger partial charge in [-0.25, -0.2) is 0 Å². The van der Waals surface area contributed by atoms with E-state index >= 15 is 0 Å². The third kappa shape index (κ3) is 8.13. The van der Waals surface area contributed by atoms with Gasteiger partial charge in [-0.3, -0.25) is 9.69 Å². The number of unbranched alkanes of at least 4 members (excludes halogenated alkanes) is 1. The molecule has 0 radical (unpaired) electrons. The van der Waals surface area contributed by atoms with Crippen LogP contribution in [0.4, 0.5) is 0 Å². The molecule has 0 spiro atoms. The highest BCUT2D eigenvalue weighted by Crippen LogP contribution is 2.29. The van der Waals surface area contributed by atoms with Crippen LogP contribution in [0, 0.1) is 18.3 Å². The molecule has 0 aliphatic rings. The summed E-state index contributed by atoms with van der Waals surface area (Å²) in [6.07, 6.45) is 1.29. The average molecular weight is 490 g/mol. The Hall–Kier alpha value is -3.33. The Morgan fingerprint density at radius 1 is 1.09 bits per heavy atom. The zero-order chi connectivity index (χ0) is 25.0. The molecule has 0 aliphatic heterocycles. The van der Waals surface area contributed by atoms with Crippen LogP contribution in [0.3, 0.4) is 0 Å². The summed E-state index contributed by atoms with van der Waals surface area (Å²) in [7, 11) is 0. The van der Waals surface area contributed by atoms with Crippen molar-refractivity contribution in [2.75, 3.05) is 19.6 Å². The largest absolute Gasteiger partial charge is 0.487 e. The summed E-state index contributed by atoms with van der Waals surface area (Å²) in [4.78, 5) is 13.4. The topological polar surface area (TPSA) is 65.4 Å². The molecule has 1 amide bonds. The van der Waals surface area contributed by atoms with Gasteiger partial charge in [0.05, 0.1) is 11.1 Å². The van der Waals surface area contributed by atoms with Gasteiger partial charge in [0.15, 0.2) is 0 Å². The smallest absolute Gasteiger partial charge is 0.216 e. The maximum Gasteiger partial charge on any atom is 0.216 e. The quantitative estimate of drug-likeness (QED) is 0.310. The fourth-order valence-corrected chi connectivity index (χ4v) is 4.24. The number of hydrogen-bond donors (Lipinski definition) is 1. The molecule has 3 aromatic carbocycles. The lowest BCUT2D eigenvalue weighted by Crippen LogP contribution is -2.34. The zero-order valence-corrected chi connectivity index (χ0v) is 21.1. The van der Waals surface area contributed by atoms with E-state index in [1.807, 2.05) is 36.4 Å². The lowest BCUT2D eigenvalue weighted by atomic mass is 9.97. The molecule has 0 aromatic heterocycles. The minimum Gasteiger partial charge on any atom is -0.487 e. The Balaban J connectivity index is 1.64. The number of nitrogens with zero attached hydrogens (tertiary/aromatic N) is 2. The van der Waals surface area contributed by atoms with E-state index in [0.717, 1.165) is 24.1 Å². The molecule has 0 aliphatic carbocycles. The molecule has 3 aromatic rings. The predicted molar refractivity (Wildman–Crippen MR) is 141 cm³/mol. The first-order valence-corrected chi connectivity index (χ1v) is 12.2. The average Bonchev–Trinajstić information content (AvgIpc) is 2.84. The lowest BCUT2D eigenvalue weighted by Gasteiger charge is -2.22. The molecule has 6 heteroatoms. The van der Waals surface area contributed by atoms with Gasteiger partial charge in [-0.1, -0.05) is 66.2 Å². The van der Waals surface area contributed by atoms with Crippen molar-refractivity contribution in [2.24, 2.45) is 0 Å². The summed E-state index contributed by atoms with van der Waals surface area (Å²) in [5, 5.41) is 12.3. The van der Waals surface area contributed by atoms with E-state index in [1.165, 1.54) is 23.6 Å².